The van der Waals surface area contributed by atoms with Crippen LogP contribution in [0.5, 0.6) is 0 Å². The molecular weight excluding hydrogens is 298 g/mol. The van der Waals surface area contributed by atoms with Gasteiger partial charge in [0.05, 0.1) is 5.69 Å². The number of unbranched alkanes of at least 4 members (excludes halogenated alkanes) is 1. The maximum Gasteiger partial charge on any atom is 0.193 e. The van der Waals surface area contributed by atoms with Crippen molar-refractivity contribution in [2.24, 2.45) is 4.99 Å². The van der Waals surface area contributed by atoms with Crippen LogP contribution in [0.15, 0.2) is 42.2 Å². The summed E-state index contributed by atoms with van der Waals surface area (Å²) in [6.45, 7) is 10.5. The summed E-state index contributed by atoms with van der Waals surface area (Å²) < 4.78 is 2.08. The number of imidazole rings is 1. The Bertz CT molecular complexity index is 686. The van der Waals surface area contributed by atoms with Gasteiger partial charge in [-0.1, -0.05) is 12.1 Å². The summed E-state index contributed by atoms with van der Waals surface area (Å²) in [5.41, 5.74) is 3.31. The standard InChI is InChI=1S/C19H29N5/c1-5-7-8-13-23(4)19(20-6-2)21-12-11-17-15-24-14-9-10-16(3)18(24)22-17/h5,9-10,14-15H,1,6-8,11-13H2,2-4H3,(H,20,21). The van der Waals surface area contributed by atoms with Crippen LogP contribution in [0.25, 0.3) is 5.65 Å². The van der Waals surface area contributed by atoms with Crippen LogP contribution in [0.1, 0.15) is 31.0 Å². The Morgan fingerprint density at radius 1 is 1.50 bits per heavy atom. The number of hydrogen-bond donors (Lipinski definition) is 1. The van der Waals surface area contributed by atoms with Crippen molar-refractivity contribution in [2.75, 3.05) is 26.7 Å². The average molecular weight is 327 g/mol. The van der Waals surface area contributed by atoms with E-state index in [1.54, 1.807) is 0 Å². The maximum atomic E-state index is 4.74. The average Bonchev–Trinajstić information content (AvgIpc) is 2.98. The first-order valence-electron chi connectivity index (χ1n) is 8.69. The number of hydrogen-bond acceptors (Lipinski definition) is 2. The van der Waals surface area contributed by atoms with Crippen molar-refractivity contribution < 1.29 is 0 Å². The molecule has 130 valence electrons. The van der Waals surface area contributed by atoms with Gasteiger partial charge in [-0.05, 0) is 38.3 Å². The van der Waals surface area contributed by atoms with E-state index in [1.165, 1.54) is 5.56 Å². The highest BCUT2D eigenvalue weighted by molar-refractivity contribution is 5.79. The summed E-state index contributed by atoms with van der Waals surface area (Å²) in [5, 5.41) is 3.36. The number of pyridine rings is 1. The molecule has 0 aliphatic heterocycles. The van der Waals surface area contributed by atoms with Gasteiger partial charge in [0.15, 0.2) is 5.96 Å². The van der Waals surface area contributed by atoms with Gasteiger partial charge >= 0.3 is 0 Å². The lowest BCUT2D eigenvalue weighted by Gasteiger charge is -2.21. The Balaban J connectivity index is 1.97. The smallest absolute Gasteiger partial charge is 0.193 e. The van der Waals surface area contributed by atoms with Gasteiger partial charge in [-0.3, -0.25) is 4.99 Å². The van der Waals surface area contributed by atoms with Crippen molar-refractivity contribution in [1.29, 1.82) is 0 Å². The second-order valence-electron chi connectivity index (χ2n) is 5.99. The Hall–Kier alpha value is -2.30. The first-order chi connectivity index (χ1) is 11.7. The molecular formula is C19H29N5. The van der Waals surface area contributed by atoms with E-state index < -0.39 is 0 Å². The van der Waals surface area contributed by atoms with E-state index in [1.807, 2.05) is 18.3 Å². The van der Waals surface area contributed by atoms with Crippen LogP contribution in [0, 0.1) is 6.92 Å². The van der Waals surface area contributed by atoms with E-state index in [2.05, 4.69) is 54.4 Å². The van der Waals surface area contributed by atoms with Crippen molar-refractivity contribution in [3.63, 3.8) is 0 Å². The number of aromatic nitrogens is 2. The highest BCUT2D eigenvalue weighted by Gasteiger charge is 2.06. The van der Waals surface area contributed by atoms with Gasteiger partial charge in [-0.15, -0.1) is 6.58 Å². The predicted octanol–water partition coefficient (Wildman–Crippen LogP) is 3.05. The molecule has 0 radical (unpaired) electrons. The Morgan fingerprint density at radius 2 is 2.33 bits per heavy atom. The number of nitrogens with zero attached hydrogens (tertiary/aromatic N) is 4. The Labute approximate surface area is 145 Å². The molecule has 2 rings (SSSR count). The first-order valence-corrected chi connectivity index (χ1v) is 8.69. The fourth-order valence-corrected chi connectivity index (χ4v) is 2.65. The fraction of sp³-hybridized carbons (Fsp3) is 0.474. The molecule has 0 aliphatic carbocycles. The van der Waals surface area contributed by atoms with E-state index in [-0.39, 0.29) is 0 Å². The van der Waals surface area contributed by atoms with Crippen LogP contribution >= 0.6 is 0 Å². The van der Waals surface area contributed by atoms with E-state index >= 15 is 0 Å². The fourth-order valence-electron chi connectivity index (χ4n) is 2.65. The van der Waals surface area contributed by atoms with E-state index in [4.69, 9.17) is 9.98 Å². The lowest BCUT2D eigenvalue weighted by molar-refractivity contribution is 0.470. The van der Waals surface area contributed by atoms with E-state index in [0.717, 1.165) is 56.2 Å². The molecule has 0 spiro atoms. The molecule has 0 fully saturated rings. The van der Waals surface area contributed by atoms with Gasteiger partial charge < -0.3 is 14.6 Å². The monoisotopic (exact) mass is 327 g/mol. The molecule has 0 bridgehead atoms. The number of allylic oxidation sites excluding steroid dienone is 1. The summed E-state index contributed by atoms with van der Waals surface area (Å²) in [6, 6.07) is 4.14. The lowest BCUT2D eigenvalue weighted by atomic mass is 10.3. The predicted molar refractivity (Wildman–Crippen MR) is 102 cm³/mol. The molecule has 0 aromatic carbocycles. The number of nitrogens with one attached hydrogen (secondary N) is 1. The molecule has 24 heavy (non-hydrogen) atoms. The van der Waals surface area contributed by atoms with Crippen molar-refractivity contribution >= 4 is 11.6 Å². The molecule has 0 aliphatic rings. The topological polar surface area (TPSA) is 44.9 Å². The summed E-state index contributed by atoms with van der Waals surface area (Å²) in [5.74, 6) is 0.960. The molecule has 0 saturated carbocycles. The van der Waals surface area contributed by atoms with E-state index in [9.17, 15) is 0 Å². The van der Waals surface area contributed by atoms with Crippen LogP contribution < -0.4 is 5.32 Å². The summed E-state index contributed by atoms with van der Waals surface area (Å²) in [6.07, 6.45) is 9.07. The van der Waals surface area contributed by atoms with Gasteiger partial charge in [-0.25, -0.2) is 4.98 Å². The highest BCUT2D eigenvalue weighted by Crippen LogP contribution is 2.10. The minimum atomic E-state index is 0.733. The quantitative estimate of drug-likeness (QED) is 0.351. The van der Waals surface area contributed by atoms with Crippen LogP contribution in [0.2, 0.25) is 0 Å². The summed E-state index contributed by atoms with van der Waals surface area (Å²) in [7, 11) is 2.08. The molecule has 1 N–H and O–H groups in total. The van der Waals surface area contributed by atoms with Gasteiger partial charge in [-0.2, -0.15) is 0 Å². The number of guanidine groups is 1. The Kier molecular flexibility index (Phi) is 6.85. The van der Waals surface area contributed by atoms with Crippen molar-refractivity contribution in [3.8, 4) is 0 Å². The molecule has 2 aromatic heterocycles. The third kappa shape index (κ3) is 4.85. The van der Waals surface area contributed by atoms with E-state index in [0.29, 0.717) is 0 Å². The molecule has 2 aromatic rings. The normalized spacial score (nSPS) is 11.7. The van der Waals surface area contributed by atoms with Crippen LogP contribution in [-0.4, -0.2) is 46.9 Å². The third-order valence-corrected chi connectivity index (χ3v) is 3.96. The highest BCUT2D eigenvalue weighted by atomic mass is 15.3. The lowest BCUT2D eigenvalue weighted by Crippen LogP contribution is -2.39. The van der Waals surface area contributed by atoms with Gasteiger partial charge in [0.2, 0.25) is 0 Å². The largest absolute Gasteiger partial charge is 0.357 e. The summed E-state index contributed by atoms with van der Waals surface area (Å²) >= 11 is 0. The molecule has 0 saturated heterocycles. The second kappa shape index (κ2) is 9.11. The SMILES string of the molecule is C=CCCCN(C)C(=NCCc1cn2cccc(C)c2n1)NCC. The molecule has 2 heterocycles. The number of fused-ring (bicyclic) bond motifs is 1. The molecule has 0 amide bonds. The summed E-state index contributed by atoms with van der Waals surface area (Å²) in [4.78, 5) is 11.6. The number of aliphatic imine (C=N–C) groups is 1. The molecule has 0 atom stereocenters. The zero-order valence-corrected chi connectivity index (χ0v) is 15.1. The zero-order valence-electron chi connectivity index (χ0n) is 15.1. The van der Waals surface area contributed by atoms with Crippen molar-refractivity contribution in [2.45, 2.75) is 33.1 Å². The van der Waals surface area contributed by atoms with Gasteiger partial charge in [0.1, 0.15) is 5.65 Å². The molecule has 5 heteroatoms. The van der Waals surface area contributed by atoms with Crippen LogP contribution in [-0.2, 0) is 6.42 Å². The van der Waals surface area contributed by atoms with Crippen LogP contribution in [0.4, 0.5) is 0 Å². The molecule has 0 unspecified atom stereocenters. The zero-order chi connectivity index (χ0) is 17.4. The first kappa shape index (κ1) is 18.0. The second-order valence-corrected chi connectivity index (χ2v) is 5.99. The van der Waals surface area contributed by atoms with Crippen molar-refractivity contribution in [3.05, 3.63) is 48.4 Å². The number of aryl methyl sites for hydroxylation is 1. The third-order valence-electron chi connectivity index (χ3n) is 3.96. The maximum absolute atomic E-state index is 4.74. The van der Waals surface area contributed by atoms with Gasteiger partial charge in [0.25, 0.3) is 0 Å². The van der Waals surface area contributed by atoms with Gasteiger partial charge in [0, 0.05) is 45.5 Å². The molecule has 5 nitrogen and oxygen atoms in total. The van der Waals surface area contributed by atoms with Crippen molar-refractivity contribution in [1.82, 2.24) is 19.6 Å². The minimum Gasteiger partial charge on any atom is -0.357 e. The minimum absolute atomic E-state index is 0.733. The Morgan fingerprint density at radius 3 is 3.04 bits per heavy atom. The number of rotatable bonds is 8. The van der Waals surface area contributed by atoms with Crippen LogP contribution in [0.3, 0.4) is 0 Å².